The summed E-state index contributed by atoms with van der Waals surface area (Å²) in [5.41, 5.74) is 9.45. The van der Waals surface area contributed by atoms with Crippen LogP contribution in [0.2, 0.25) is 0 Å². The summed E-state index contributed by atoms with van der Waals surface area (Å²) in [5.74, 6) is 0.0435. The van der Waals surface area contributed by atoms with Gasteiger partial charge in [0.2, 0.25) is 5.91 Å². The van der Waals surface area contributed by atoms with Gasteiger partial charge in [-0.05, 0) is 56.3 Å². The van der Waals surface area contributed by atoms with Gasteiger partial charge in [0, 0.05) is 24.4 Å². The maximum Gasteiger partial charge on any atom is 0.220 e. The molecule has 0 saturated carbocycles. The molecule has 170 valence electrons. The summed E-state index contributed by atoms with van der Waals surface area (Å²) in [6.45, 7) is 2.52. The Kier molecular flexibility index (Phi) is 7.93. The lowest BCUT2D eigenvalue weighted by atomic mass is 9.90. The van der Waals surface area contributed by atoms with E-state index in [1.165, 1.54) is 37.9 Å². The number of benzene rings is 4. The molecule has 4 aromatic carbocycles. The van der Waals surface area contributed by atoms with E-state index in [0.717, 1.165) is 12.8 Å². The van der Waals surface area contributed by atoms with Crippen LogP contribution in [0.3, 0.4) is 0 Å². The highest BCUT2D eigenvalue weighted by Gasteiger charge is 2.11. The minimum Gasteiger partial charge on any atom is -0.379 e. The Labute approximate surface area is 192 Å². The molecule has 0 unspecified atom stereocenters. The molecule has 0 spiro atoms. The Bertz CT molecular complexity index is 1250. The quantitative estimate of drug-likeness (QED) is 0.0987. The third-order valence-corrected chi connectivity index (χ3v) is 5.81. The number of nitrogens with zero attached hydrogens (tertiary/aromatic N) is 3. The highest BCUT2D eigenvalue weighted by molar-refractivity contribution is 6.23. The van der Waals surface area contributed by atoms with Gasteiger partial charge in [0.15, 0.2) is 0 Å². The minimum atomic E-state index is 0.0435. The van der Waals surface area contributed by atoms with Crippen molar-refractivity contribution in [3.8, 4) is 0 Å². The van der Waals surface area contributed by atoms with Gasteiger partial charge in [0.05, 0.1) is 26.4 Å². The monoisotopic (exact) mass is 444 g/mol. The molecule has 1 N–H and O–H groups in total. The van der Waals surface area contributed by atoms with E-state index in [1.54, 1.807) is 0 Å². The molecule has 0 saturated heterocycles. The standard InChI is InChI=1S/C26H28N4O3/c27-30-29-14-16-33-18-17-32-15-13-28-24(31)6-2-3-19-7-8-22-10-9-20-4-1-5-21-11-12-23(19)26(22)25(20)21/h1,4-5,7-12H,2-3,6,13-18H2,(H,28,31). The molecule has 0 heterocycles. The lowest BCUT2D eigenvalue weighted by Crippen LogP contribution is -2.27. The highest BCUT2D eigenvalue weighted by atomic mass is 16.5. The van der Waals surface area contributed by atoms with Crippen LogP contribution in [-0.2, 0) is 20.7 Å². The number of hydrogen-bond donors (Lipinski definition) is 1. The predicted octanol–water partition coefficient (Wildman–Crippen LogP) is 5.37. The van der Waals surface area contributed by atoms with E-state index in [2.05, 4.69) is 69.9 Å². The van der Waals surface area contributed by atoms with Gasteiger partial charge in [0.1, 0.15) is 0 Å². The molecule has 4 aromatic rings. The van der Waals surface area contributed by atoms with Crippen LogP contribution < -0.4 is 5.32 Å². The van der Waals surface area contributed by atoms with Crippen molar-refractivity contribution in [2.24, 2.45) is 5.11 Å². The molecular weight excluding hydrogens is 416 g/mol. The van der Waals surface area contributed by atoms with Crippen LogP contribution in [-0.4, -0.2) is 45.4 Å². The van der Waals surface area contributed by atoms with Crippen molar-refractivity contribution in [2.75, 3.05) is 39.5 Å². The van der Waals surface area contributed by atoms with Gasteiger partial charge in [-0.15, -0.1) is 0 Å². The largest absolute Gasteiger partial charge is 0.379 e. The molecule has 0 aliphatic heterocycles. The van der Waals surface area contributed by atoms with Gasteiger partial charge >= 0.3 is 0 Å². The first-order valence-corrected chi connectivity index (χ1v) is 11.4. The third kappa shape index (κ3) is 5.71. The van der Waals surface area contributed by atoms with E-state index in [0.29, 0.717) is 45.9 Å². The van der Waals surface area contributed by atoms with Crippen LogP contribution in [0.25, 0.3) is 42.8 Å². The number of rotatable bonds is 13. The van der Waals surface area contributed by atoms with Crippen molar-refractivity contribution in [3.05, 3.63) is 70.6 Å². The number of amides is 1. The molecule has 0 aromatic heterocycles. The molecule has 1 amide bonds. The summed E-state index contributed by atoms with van der Waals surface area (Å²) in [4.78, 5) is 14.8. The van der Waals surface area contributed by atoms with Crippen LogP contribution >= 0.6 is 0 Å². The summed E-state index contributed by atoms with van der Waals surface area (Å²) < 4.78 is 10.7. The zero-order valence-electron chi connectivity index (χ0n) is 18.6. The lowest BCUT2D eigenvalue weighted by Gasteiger charge is -2.14. The molecule has 33 heavy (non-hydrogen) atoms. The first-order chi connectivity index (χ1) is 16.3. The summed E-state index contributed by atoms with van der Waals surface area (Å²) in [6, 6.07) is 19.6. The van der Waals surface area contributed by atoms with Crippen molar-refractivity contribution in [3.63, 3.8) is 0 Å². The van der Waals surface area contributed by atoms with E-state index in [1.807, 2.05) is 0 Å². The Balaban J connectivity index is 1.22. The zero-order valence-corrected chi connectivity index (χ0v) is 18.6. The van der Waals surface area contributed by atoms with E-state index in [-0.39, 0.29) is 5.91 Å². The van der Waals surface area contributed by atoms with Gasteiger partial charge in [-0.1, -0.05) is 59.7 Å². The van der Waals surface area contributed by atoms with Gasteiger partial charge in [-0.2, -0.15) is 0 Å². The Morgan fingerprint density at radius 3 is 2.36 bits per heavy atom. The summed E-state index contributed by atoms with van der Waals surface area (Å²) >= 11 is 0. The Morgan fingerprint density at radius 2 is 1.58 bits per heavy atom. The first kappa shape index (κ1) is 22.8. The maximum absolute atomic E-state index is 12.2. The average Bonchev–Trinajstić information content (AvgIpc) is 2.84. The molecule has 0 fully saturated rings. The van der Waals surface area contributed by atoms with E-state index in [4.69, 9.17) is 15.0 Å². The smallest absolute Gasteiger partial charge is 0.220 e. The third-order valence-electron chi connectivity index (χ3n) is 5.81. The average molecular weight is 445 g/mol. The Hall–Kier alpha value is -3.38. The second-order valence-corrected chi connectivity index (χ2v) is 7.96. The topological polar surface area (TPSA) is 96.3 Å². The zero-order chi connectivity index (χ0) is 22.9. The first-order valence-electron chi connectivity index (χ1n) is 11.4. The van der Waals surface area contributed by atoms with Crippen LogP contribution in [0.1, 0.15) is 18.4 Å². The molecule has 0 aliphatic carbocycles. The normalized spacial score (nSPS) is 11.3. The second-order valence-electron chi connectivity index (χ2n) is 7.96. The van der Waals surface area contributed by atoms with Crippen molar-refractivity contribution >= 4 is 38.2 Å². The number of carbonyl (C=O) groups is 1. The second kappa shape index (κ2) is 11.5. The molecule has 4 rings (SSSR count). The van der Waals surface area contributed by atoms with Gasteiger partial charge in [-0.3, -0.25) is 4.79 Å². The van der Waals surface area contributed by atoms with Gasteiger partial charge in [-0.25, -0.2) is 0 Å². The molecular formula is C26H28N4O3. The molecule has 0 bridgehead atoms. The number of hydrogen-bond acceptors (Lipinski definition) is 4. The number of azide groups is 1. The van der Waals surface area contributed by atoms with Crippen LogP contribution in [0.15, 0.2) is 59.7 Å². The minimum absolute atomic E-state index is 0.0435. The van der Waals surface area contributed by atoms with Gasteiger partial charge in [0.25, 0.3) is 0 Å². The Morgan fingerprint density at radius 1 is 0.879 bits per heavy atom. The SMILES string of the molecule is [N-]=[N+]=NCCOCCOCCNC(=O)CCCc1ccc2ccc3cccc4ccc1c2c34. The van der Waals surface area contributed by atoms with Crippen molar-refractivity contribution < 1.29 is 14.3 Å². The van der Waals surface area contributed by atoms with Crippen molar-refractivity contribution in [1.29, 1.82) is 0 Å². The number of ether oxygens (including phenoxy) is 2. The van der Waals surface area contributed by atoms with Crippen LogP contribution in [0.5, 0.6) is 0 Å². The molecule has 0 atom stereocenters. The van der Waals surface area contributed by atoms with E-state index >= 15 is 0 Å². The number of carbonyl (C=O) groups excluding carboxylic acids is 1. The molecule has 7 nitrogen and oxygen atoms in total. The maximum atomic E-state index is 12.2. The fourth-order valence-electron chi connectivity index (χ4n) is 4.28. The molecule has 0 aliphatic rings. The van der Waals surface area contributed by atoms with Crippen molar-refractivity contribution in [2.45, 2.75) is 19.3 Å². The fourth-order valence-corrected chi connectivity index (χ4v) is 4.28. The molecule has 0 radical (unpaired) electrons. The summed E-state index contributed by atoms with van der Waals surface area (Å²) in [7, 11) is 0. The van der Waals surface area contributed by atoms with E-state index in [9.17, 15) is 4.79 Å². The fraction of sp³-hybridized carbons (Fsp3) is 0.346. The van der Waals surface area contributed by atoms with Crippen LogP contribution in [0, 0.1) is 0 Å². The number of nitrogens with one attached hydrogen (secondary N) is 1. The highest BCUT2D eigenvalue weighted by Crippen LogP contribution is 2.36. The summed E-state index contributed by atoms with van der Waals surface area (Å²) in [6.07, 6.45) is 2.16. The number of aryl methyl sites for hydroxylation is 1. The lowest BCUT2D eigenvalue weighted by molar-refractivity contribution is -0.121. The van der Waals surface area contributed by atoms with Gasteiger partial charge < -0.3 is 14.8 Å². The predicted molar refractivity (Wildman–Crippen MR) is 132 cm³/mol. The van der Waals surface area contributed by atoms with E-state index < -0.39 is 0 Å². The van der Waals surface area contributed by atoms with Crippen LogP contribution in [0.4, 0.5) is 0 Å². The van der Waals surface area contributed by atoms with Crippen molar-refractivity contribution in [1.82, 2.24) is 5.32 Å². The summed E-state index contributed by atoms with van der Waals surface area (Å²) in [5, 5.41) is 14.0. The molecule has 7 heteroatoms.